The van der Waals surface area contributed by atoms with E-state index in [-0.39, 0.29) is 22.2 Å². The predicted octanol–water partition coefficient (Wildman–Crippen LogP) is 5.60. The second-order valence-corrected chi connectivity index (χ2v) is 7.38. The van der Waals surface area contributed by atoms with Crippen LogP contribution in [-0.4, -0.2) is 17.6 Å². The molecular weight excluding hydrogens is 418 g/mol. The number of carbonyl (C=O) groups excluding carboxylic acids is 2. The first kappa shape index (κ1) is 20.8. The monoisotopic (exact) mass is 432 g/mol. The lowest BCUT2D eigenvalue weighted by atomic mass is 10.2. The van der Waals surface area contributed by atoms with Gasteiger partial charge in [0.1, 0.15) is 11.6 Å². The number of rotatable bonds is 6. The number of amides is 2. The molecule has 0 aromatic heterocycles. The molecule has 3 aromatic carbocycles. The van der Waals surface area contributed by atoms with Crippen LogP contribution in [0.2, 0.25) is 5.02 Å². The molecule has 3 aromatic rings. The van der Waals surface area contributed by atoms with Crippen LogP contribution in [-0.2, 0) is 4.79 Å². The smallest absolute Gasteiger partial charge is 0.258 e. The number of carbonyl (C=O) groups is 2. The standard InChI is InChI=1S/C21H15ClF2N2O2S/c22-17-11-14(7-10-19(17)24)25-20(27)12-29-15-8-5-13(6-9-15)26-21(28)16-3-1-2-4-18(16)23/h1-11H,12H2,(H,25,27)(H,26,28). The van der Waals surface area contributed by atoms with Gasteiger partial charge in [0, 0.05) is 16.3 Å². The van der Waals surface area contributed by atoms with Gasteiger partial charge in [-0.05, 0) is 54.6 Å². The Bertz CT molecular complexity index is 1050. The first-order chi connectivity index (χ1) is 13.9. The van der Waals surface area contributed by atoms with Gasteiger partial charge in [-0.3, -0.25) is 9.59 Å². The molecule has 0 fully saturated rings. The molecule has 2 amide bonds. The Labute approximate surface area is 175 Å². The van der Waals surface area contributed by atoms with Gasteiger partial charge in [-0.25, -0.2) is 8.78 Å². The van der Waals surface area contributed by atoms with Crippen LogP contribution in [0, 0.1) is 11.6 Å². The van der Waals surface area contributed by atoms with Crippen molar-refractivity contribution in [1.82, 2.24) is 0 Å². The summed E-state index contributed by atoms with van der Waals surface area (Å²) in [4.78, 5) is 24.9. The molecule has 29 heavy (non-hydrogen) atoms. The van der Waals surface area contributed by atoms with Gasteiger partial charge in [-0.1, -0.05) is 23.7 Å². The van der Waals surface area contributed by atoms with Crippen LogP contribution in [0.15, 0.2) is 71.6 Å². The summed E-state index contributed by atoms with van der Waals surface area (Å²) in [6, 6.07) is 16.5. The molecule has 0 aliphatic rings. The van der Waals surface area contributed by atoms with Crippen molar-refractivity contribution in [3.05, 3.63) is 89.0 Å². The van der Waals surface area contributed by atoms with Crippen LogP contribution in [0.4, 0.5) is 20.2 Å². The van der Waals surface area contributed by atoms with Gasteiger partial charge >= 0.3 is 0 Å². The van der Waals surface area contributed by atoms with Crippen molar-refractivity contribution in [2.75, 3.05) is 16.4 Å². The third-order valence-corrected chi connectivity index (χ3v) is 5.11. The Morgan fingerprint density at radius 1 is 0.862 bits per heavy atom. The quantitative estimate of drug-likeness (QED) is 0.498. The third-order valence-electron chi connectivity index (χ3n) is 3.80. The van der Waals surface area contributed by atoms with Gasteiger partial charge in [0.05, 0.1) is 16.3 Å². The van der Waals surface area contributed by atoms with Crippen molar-refractivity contribution in [2.24, 2.45) is 0 Å². The molecule has 0 bridgehead atoms. The topological polar surface area (TPSA) is 58.2 Å². The van der Waals surface area contributed by atoms with Crippen LogP contribution >= 0.6 is 23.4 Å². The zero-order chi connectivity index (χ0) is 20.8. The summed E-state index contributed by atoms with van der Waals surface area (Å²) < 4.78 is 26.8. The van der Waals surface area contributed by atoms with Crippen molar-refractivity contribution in [1.29, 1.82) is 0 Å². The minimum absolute atomic E-state index is 0.0384. The zero-order valence-corrected chi connectivity index (χ0v) is 16.5. The lowest BCUT2D eigenvalue weighted by Crippen LogP contribution is -2.14. The molecule has 0 radical (unpaired) electrons. The third kappa shape index (κ3) is 5.79. The van der Waals surface area contributed by atoms with Crippen molar-refractivity contribution in [2.45, 2.75) is 4.90 Å². The SMILES string of the molecule is O=C(CSc1ccc(NC(=O)c2ccccc2F)cc1)Nc1ccc(F)c(Cl)c1. The lowest BCUT2D eigenvalue weighted by Gasteiger charge is -2.08. The normalized spacial score (nSPS) is 10.4. The fourth-order valence-electron chi connectivity index (χ4n) is 2.40. The van der Waals surface area contributed by atoms with E-state index in [1.165, 1.54) is 48.2 Å². The molecule has 0 unspecified atom stereocenters. The van der Waals surface area contributed by atoms with Crippen molar-refractivity contribution < 1.29 is 18.4 Å². The Balaban J connectivity index is 1.52. The van der Waals surface area contributed by atoms with Crippen LogP contribution in [0.1, 0.15) is 10.4 Å². The second-order valence-electron chi connectivity index (χ2n) is 5.92. The van der Waals surface area contributed by atoms with Crippen molar-refractivity contribution in [3.63, 3.8) is 0 Å². The maximum Gasteiger partial charge on any atom is 0.258 e. The average Bonchev–Trinajstić information content (AvgIpc) is 2.70. The van der Waals surface area contributed by atoms with Gasteiger partial charge < -0.3 is 10.6 Å². The molecule has 4 nitrogen and oxygen atoms in total. The average molecular weight is 433 g/mol. The van der Waals surface area contributed by atoms with Crippen LogP contribution in [0.5, 0.6) is 0 Å². The second kappa shape index (κ2) is 9.54. The van der Waals surface area contributed by atoms with Crippen LogP contribution < -0.4 is 10.6 Å². The lowest BCUT2D eigenvalue weighted by molar-refractivity contribution is -0.113. The van der Waals surface area contributed by atoms with Gasteiger partial charge in [0.25, 0.3) is 5.91 Å². The van der Waals surface area contributed by atoms with Gasteiger partial charge in [-0.15, -0.1) is 11.8 Å². The summed E-state index contributed by atoms with van der Waals surface area (Å²) in [6.07, 6.45) is 0. The summed E-state index contributed by atoms with van der Waals surface area (Å²) >= 11 is 6.98. The molecule has 0 heterocycles. The van der Waals surface area contributed by atoms with E-state index in [0.717, 1.165) is 4.90 Å². The predicted molar refractivity (Wildman–Crippen MR) is 112 cm³/mol. The number of hydrogen-bond donors (Lipinski definition) is 2. The molecular formula is C21H15ClF2N2O2S. The van der Waals surface area contributed by atoms with Crippen molar-refractivity contribution >= 4 is 46.6 Å². The Hall–Kier alpha value is -2.90. The van der Waals surface area contributed by atoms with E-state index >= 15 is 0 Å². The van der Waals surface area contributed by atoms with E-state index < -0.39 is 17.5 Å². The summed E-state index contributed by atoms with van der Waals surface area (Å²) in [5.74, 6) is -1.82. The molecule has 0 saturated heterocycles. The highest BCUT2D eigenvalue weighted by Gasteiger charge is 2.11. The molecule has 0 spiro atoms. The number of thioether (sulfide) groups is 1. The number of benzene rings is 3. The van der Waals surface area contributed by atoms with E-state index in [0.29, 0.717) is 11.4 Å². The summed E-state index contributed by atoms with van der Waals surface area (Å²) in [5.41, 5.74) is 0.879. The molecule has 0 saturated carbocycles. The highest BCUT2D eigenvalue weighted by molar-refractivity contribution is 8.00. The summed E-state index contributed by atoms with van der Waals surface area (Å²) in [5, 5.41) is 5.19. The number of hydrogen-bond acceptors (Lipinski definition) is 3. The maximum atomic E-state index is 13.7. The number of anilines is 2. The van der Waals surface area contributed by atoms with E-state index in [9.17, 15) is 18.4 Å². The van der Waals surface area contributed by atoms with Gasteiger partial charge in [-0.2, -0.15) is 0 Å². The maximum absolute atomic E-state index is 13.7. The van der Waals surface area contributed by atoms with Crippen LogP contribution in [0.3, 0.4) is 0 Å². The van der Waals surface area contributed by atoms with Gasteiger partial charge in [0.2, 0.25) is 5.91 Å². The molecule has 148 valence electrons. The molecule has 0 aliphatic carbocycles. The highest BCUT2D eigenvalue weighted by Crippen LogP contribution is 2.23. The minimum Gasteiger partial charge on any atom is -0.325 e. The Morgan fingerprint density at radius 2 is 1.55 bits per heavy atom. The molecule has 2 N–H and O–H groups in total. The van der Waals surface area contributed by atoms with Gasteiger partial charge in [0.15, 0.2) is 0 Å². The summed E-state index contributed by atoms with van der Waals surface area (Å²) in [6.45, 7) is 0. The first-order valence-corrected chi connectivity index (χ1v) is 9.82. The fourth-order valence-corrected chi connectivity index (χ4v) is 3.28. The Kier molecular flexibility index (Phi) is 6.85. The number of halogens is 3. The largest absolute Gasteiger partial charge is 0.325 e. The molecule has 8 heteroatoms. The minimum atomic E-state index is -0.592. The van der Waals surface area contributed by atoms with E-state index in [4.69, 9.17) is 11.6 Å². The fraction of sp³-hybridized carbons (Fsp3) is 0.0476. The van der Waals surface area contributed by atoms with E-state index in [2.05, 4.69) is 10.6 Å². The molecule has 3 rings (SSSR count). The van der Waals surface area contributed by atoms with Crippen molar-refractivity contribution in [3.8, 4) is 0 Å². The zero-order valence-electron chi connectivity index (χ0n) is 14.9. The molecule has 0 aliphatic heterocycles. The van der Waals surface area contributed by atoms with E-state index in [1.54, 1.807) is 30.3 Å². The Morgan fingerprint density at radius 3 is 2.24 bits per heavy atom. The van der Waals surface area contributed by atoms with Crippen LogP contribution in [0.25, 0.3) is 0 Å². The first-order valence-electron chi connectivity index (χ1n) is 8.46. The number of nitrogens with one attached hydrogen (secondary N) is 2. The summed E-state index contributed by atoms with van der Waals surface area (Å²) in [7, 11) is 0. The van der Waals surface area contributed by atoms with E-state index in [1.807, 2.05) is 0 Å². The molecule has 0 atom stereocenters. The highest BCUT2D eigenvalue weighted by atomic mass is 35.5.